The van der Waals surface area contributed by atoms with E-state index in [9.17, 15) is 14.7 Å². The fourth-order valence-electron chi connectivity index (χ4n) is 3.36. The van der Waals surface area contributed by atoms with Crippen molar-refractivity contribution in [3.63, 3.8) is 0 Å². The number of carbonyl (C=O) groups excluding carboxylic acids is 2. The zero-order chi connectivity index (χ0) is 22.2. The molecule has 3 N–H and O–H groups in total. The van der Waals surface area contributed by atoms with Crippen molar-refractivity contribution in [2.24, 2.45) is 0 Å². The van der Waals surface area contributed by atoms with E-state index in [0.717, 1.165) is 22.3 Å². The maximum atomic E-state index is 12.6. The van der Waals surface area contributed by atoms with Gasteiger partial charge in [0.05, 0.1) is 18.8 Å². The molecule has 0 saturated carbocycles. The van der Waals surface area contributed by atoms with Crippen LogP contribution in [-0.4, -0.2) is 46.0 Å². The minimum absolute atomic E-state index is 0.0548. The van der Waals surface area contributed by atoms with Gasteiger partial charge < -0.3 is 25.1 Å². The molecule has 0 bridgehead atoms. The first-order chi connectivity index (χ1) is 14.7. The van der Waals surface area contributed by atoms with E-state index in [4.69, 9.17) is 4.42 Å². The first-order valence-corrected chi connectivity index (χ1v) is 9.92. The molecule has 160 valence electrons. The van der Waals surface area contributed by atoms with Gasteiger partial charge in [-0.15, -0.1) is 0 Å². The standard InChI is InChI=1S/C23H24N4O4/c1-14-16-6-4-5-7-18(16)31-19(14)12-27(3)20(28)9-8-15-10-17-21(24-11-15)26-22(29)23(2,30)13-25-17/h4-11,25,30H,12-13H2,1-3H3,(H,24,26,29)/b9-8+/t23-/m0/s1. The molecule has 0 saturated heterocycles. The Morgan fingerprint density at radius 1 is 1.39 bits per heavy atom. The Kier molecular flexibility index (Phi) is 5.24. The van der Waals surface area contributed by atoms with Crippen LogP contribution in [0.5, 0.6) is 0 Å². The number of rotatable bonds is 4. The molecule has 1 aliphatic heterocycles. The van der Waals surface area contributed by atoms with Crippen molar-refractivity contribution in [3.05, 3.63) is 59.5 Å². The average Bonchev–Trinajstić information content (AvgIpc) is 3.00. The van der Waals surface area contributed by atoms with Crippen molar-refractivity contribution < 1.29 is 19.1 Å². The molecular formula is C23H24N4O4. The first-order valence-electron chi connectivity index (χ1n) is 9.92. The highest BCUT2D eigenvalue weighted by Crippen LogP contribution is 2.27. The highest BCUT2D eigenvalue weighted by Gasteiger charge is 2.33. The second-order valence-corrected chi connectivity index (χ2v) is 7.92. The predicted octanol–water partition coefficient (Wildman–Crippen LogP) is 2.92. The smallest absolute Gasteiger partial charge is 0.259 e. The Morgan fingerprint density at radius 2 is 2.16 bits per heavy atom. The minimum Gasteiger partial charge on any atom is -0.459 e. The molecule has 0 radical (unpaired) electrons. The number of para-hydroxylation sites is 1. The van der Waals surface area contributed by atoms with E-state index in [-0.39, 0.29) is 12.5 Å². The molecule has 1 atom stereocenters. The normalized spacial score (nSPS) is 18.4. The molecule has 2 aromatic heterocycles. The number of benzene rings is 1. The summed E-state index contributed by atoms with van der Waals surface area (Å²) >= 11 is 0. The van der Waals surface area contributed by atoms with Crippen LogP contribution in [0.3, 0.4) is 0 Å². The summed E-state index contributed by atoms with van der Waals surface area (Å²) in [6.07, 6.45) is 4.67. The van der Waals surface area contributed by atoms with Gasteiger partial charge in [0.1, 0.15) is 11.3 Å². The lowest BCUT2D eigenvalue weighted by molar-refractivity contribution is -0.131. The second kappa shape index (κ2) is 7.88. The summed E-state index contributed by atoms with van der Waals surface area (Å²) in [4.78, 5) is 30.4. The zero-order valence-electron chi connectivity index (χ0n) is 17.6. The molecule has 2 amide bonds. The molecule has 3 heterocycles. The van der Waals surface area contributed by atoms with Crippen LogP contribution in [0.4, 0.5) is 11.5 Å². The number of nitrogens with zero attached hydrogens (tertiary/aromatic N) is 2. The van der Waals surface area contributed by atoms with Crippen molar-refractivity contribution in [1.29, 1.82) is 0 Å². The van der Waals surface area contributed by atoms with Gasteiger partial charge in [-0.1, -0.05) is 18.2 Å². The van der Waals surface area contributed by atoms with Crippen molar-refractivity contribution in [2.75, 3.05) is 24.2 Å². The summed E-state index contributed by atoms with van der Waals surface area (Å²) in [5.74, 6) is 0.388. The lowest BCUT2D eigenvalue weighted by Crippen LogP contribution is -2.43. The quantitative estimate of drug-likeness (QED) is 0.560. The van der Waals surface area contributed by atoms with Gasteiger partial charge in [-0.25, -0.2) is 4.98 Å². The Morgan fingerprint density at radius 3 is 2.94 bits per heavy atom. The molecule has 3 aromatic rings. The number of furan rings is 1. The number of fused-ring (bicyclic) bond motifs is 2. The van der Waals surface area contributed by atoms with Crippen LogP contribution in [0.1, 0.15) is 23.8 Å². The van der Waals surface area contributed by atoms with Gasteiger partial charge in [-0.3, -0.25) is 9.59 Å². The number of aryl methyl sites for hydroxylation is 1. The Labute approximate surface area is 179 Å². The van der Waals surface area contributed by atoms with Crippen LogP contribution in [0, 0.1) is 6.92 Å². The maximum Gasteiger partial charge on any atom is 0.259 e. The van der Waals surface area contributed by atoms with Crippen molar-refractivity contribution >= 4 is 40.4 Å². The zero-order valence-corrected chi connectivity index (χ0v) is 17.6. The average molecular weight is 420 g/mol. The van der Waals surface area contributed by atoms with Crippen LogP contribution in [-0.2, 0) is 16.1 Å². The number of pyridine rings is 1. The number of carbonyl (C=O) groups is 2. The topological polar surface area (TPSA) is 108 Å². The third-order valence-electron chi connectivity index (χ3n) is 5.37. The highest BCUT2D eigenvalue weighted by molar-refractivity contribution is 6.00. The SMILES string of the molecule is Cc1c(CN(C)C(=O)/C=C/c2cnc3c(c2)NC[C@](C)(O)C(=O)N3)oc2ccccc12. The van der Waals surface area contributed by atoms with Crippen LogP contribution in [0.2, 0.25) is 0 Å². The highest BCUT2D eigenvalue weighted by atomic mass is 16.3. The van der Waals surface area contributed by atoms with E-state index in [2.05, 4.69) is 15.6 Å². The van der Waals surface area contributed by atoms with Crippen molar-refractivity contribution in [2.45, 2.75) is 26.0 Å². The monoisotopic (exact) mass is 420 g/mol. The predicted molar refractivity (Wildman–Crippen MR) is 118 cm³/mol. The number of amides is 2. The Hall–Kier alpha value is -3.65. The molecular weight excluding hydrogens is 396 g/mol. The number of hydrogen-bond donors (Lipinski definition) is 3. The third kappa shape index (κ3) is 4.15. The van der Waals surface area contributed by atoms with Gasteiger partial charge >= 0.3 is 0 Å². The molecule has 0 spiro atoms. The minimum atomic E-state index is -1.54. The molecule has 1 aromatic carbocycles. The molecule has 0 unspecified atom stereocenters. The summed E-state index contributed by atoms with van der Waals surface area (Å²) in [5, 5.41) is 16.8. The Bertz CT molecular complexity index is 1200. The van der Waals surface area contributed by atoms with Gasteiger partial charge in [0.25, 0.3) is 5.91 Å². The molecule has 8 heteroatoms. The summed E-state index contributed by atoms with van der Waals surface area (Å²) in [6.45, 7) is 3.83. The molecule has 0 fully saturated rings. The van der Waals surface area contributed by atoms with E-state index in [1.54, 1.807) is 30.3 Å². The fraction of sp³-hybridized carbons (Fsp3) is 0.261. The van der Waals surface area contributed by atoms with Crippen molar-refractivity contribution in [1.82, 2.24) is 9.88 Å². The second-order valence-electron chi connectivity index (χ2n) is 7.92. The maximum absolute atomic E-state index is 12.6. The van der Waals surface area contributed by atoms with Crippen LogP contribution in [0.15, 0.2) is 47.0 Å². The van der Waals surface area contributed by atoms with Gasteiger partial charge in [-0.2, -0.15) is 0 Å². The first kappa shape index (κ1) is 20.6. The molecule has 0 aliphatic carbocycles. The van der Waals surface area contributed by atoms with Gasteiger partial charge in [0.15, 0.2) is 11.4 Å². The Balaban J connectivity index is 1.46. The third-order valence-corrected chi connectivity index (χ3v) is 5.37. The molecule has 31 heavy (non-hydrogen) atoms. The van der Waals surface area contributed by atoms with E-state index < -0.39 is 11.5 Å². The molecule has 8 nitrogen and oxygen atoms in total. The van der Waals surface area contributed by atoms with E-state index in [0.29, 0.717) is 23.6 Å². The number of hydrogen-bond acceptors (Lipinski definition) is 6. The number of nitrogens with one attached hydrogen (secondary N) is 2. The number of anilines is 2. The number of aliphatic hydroxyl groups is 1. The lowest BCUT2D eigenvalue weighted by atomic mass is 10.1. The van der Waals surface area contributed by atoms with Crippen LogP contribution >= 0.6 is 0 Å². The number of likely N-dealkylation sites (N-methyl/N-ethyl adjacent to an activating group) is 1. The number of aromatic nitrogens is 1. The summed E-state index contributed by atoms with van der Waals surface area (Å²) in [5.41, 5.74) is 1.55. The summed E-state index contributed by atoms with van der Waals surface area (Å²) in [7, 11) is 1.72. The summed E-state index contributed by atoms with van der Waals surface area (Å²) in [6, 6.07) is 9.55. The lowest BCUT2D eigenvalue weighted by Gasteiger charge is -2.18. The van der Waals surface area contributed by atoms with E-state index in [1.165, 1.54) is 13.0 Å². The van der Waals surface area contributed by atoms with E-state index >= 15 is 0 Å². The summed E-state index contributed by atoms with van der Waals surface area (Å²) < 4.78 is 5.89. The van der Waals surface area contributed by atoms with Gasteiger partial charge in [-0.05, 0) is 37.6 Å². The van der Waals surface area contributed by atoms with E-state index in [1.807, 2.05) is 31.2 Å². The van der Waals surface area contributed by atoms with Crippen molar-refractivity contribution in [3.8, 4) is 0 Å². The van der Waals surface area contributed by atoms with Gasteiger partial charge in [0.2, 0.25) is 5.91 Å². The van der Waals surface area contributed by atoms with Crippen LogP contribution in [0.25, 0.3) is 17.0 Å². The fourth-order valence-corrected chi connectivity index (χ4v) is 3.36. The molecule has 1 aliphatic rings. The largest absolute Gasteiger partial charge is 0.459 e. The molecule has 4 rings (SSSR count). The van der Waals surface area contributed by atoms with Gasteiger partial charge in [0, 0.05) is 30.3 Å². The van der Waals surface area contributed by atoms with Crippen LogP contribution < -0.4 is 10.6 Å². The number of β-amino-alcohol motifs (C(OH)–C–C–N with tert-alkyl or cyclic N) is 1.